The molecule has 0 fully saturated rings. The molecule has 0 bridgehead atoms. The van der Waals surface area contributed by atoms with Crippen LogP contribution in [-0.2, 0) is 10.0 Å². The quantitative estimate of drug-likeness (QED) is 0.926. The van der Waals surface area contributed by atoms with Gasteiger partial charge in [0.2, 0.25) is 0 Å². The van der Waals surface area contributed by atoms with Crippen molar-refractivity contribution in [2.45, 2.75) is 5.03 Å². The van der Waals surface area contributed by atoms with E-state index in [-0.39, 0.29) is 10.8 Å². The molecule has 0 aliphatic carbocycles. The molecular weight excluding hydrogens is 308 g/mol. The summed E-state index contributed by atoms with van der Waals surface area (Å²) in [7, 11) is -3.71. The minimum atomic E-state index is -3.71. The fourth-order valence-electron chi connectivity index (χ4n) is 1.06. The number of hydrogen-bond acceptors (Lipinski definition) is 5. The minimum absolute atomic E-state index is 0.0775. The fourth-order valence-corrected chi connectivity index (χ4v) is 2.22. The summed E-state index contributed by atoms with van der Waals surface area (Å²) >= 11 is 3.18. The van der Waals surface area contributed by atoms with Gasteiger partial charge in [-0.25, -0.2) is 9.97 Å². The lowest BCUT2D eigenvalue weighted by atomic mass is 10.5. The van der Waals surface area contributed by atoms with Gasteiger partial charge in [-0.15, -0.1) is 0 Å². The van der Waals surface area contributed by atoms with Crippen molar-refractivity contribution >= 4 is 31.8 Å². The molecule has 6 nitrogen and oxygen atoms in total. The van der Waals surface area contributed by atoms with Gasteiger partial charge < -0.3 is 0 Å². The van der Waals surface area contributed by atoms with E-state index in [4.69, 9.17) is 0 Å². The van der Waals surface area contributed by atoms with Crippen LogP contribution in [0.1, 0.15) is 0 Å². The highest BCUT2D eigenvalue weighted by Crippen LogP contribution is 2.13. The van der Waals surface area contributed by atoms with Crippen LogP contribution in [0.5, 0.6) is 0 Å². The van der Waals surface area contributed by atoms with Gasteiger partial charge in [0.15, 0.2) is 10.8 Å². The molecule has 0 aliphatic rings. The maximum absolute atomic E-state index is 11.9. The van der Waals surface area contributed by atoms with Gasteiger partial charge in [0.05, 0.1) is 6.20 Å². The van der Waals surface area contributed by atoms with E-state index in [0.717, 1.165) is 0 Å². The number of nitrogens with zero attached hydrogens (tertiary/aromatic N) is 3. The highest BCUT2D eigenvalue weighted by atomic mass is 79.9. The first-order chi connectivity index (χ1) is 8.08. The number of anilines is 1. The first-order valence-corrected chi connectivity index (χ1v) is 6.76. The predicted octanol–water partition coefficient (Wildman–Crippen LogP) is 1.43. The molecule has 88 valence electrons. The highest BCUT2D eigenvalue weighted by Gasteiger charge is 2.15. The van der Waals surface area contributed by atoms with Crippen molar-refractivity contribution in [3.8, 4) is 0 Å². The van der Waals surface area contributed by atoms with E-state index in [1.54, 1.807) is 6.07 Å². The molecule has 0 aliphatic heterocycles. The largest absolute Gasteiger partial charge is 0.280 e. The molecule has 0 radical (unpaired) electrons. The normalized spacial score (nSPS) is 11.1. The van der Waals surface area contributed by atoms with Crippen molar-refractivity contribution < 1.29 is 8.42 Å². The zero-order valence-electron chi connectivity index (χ0n) is 8.41. The third-order valence-corrected chi connectivity index (χ3v) is 3.52. The Labute approximate surface area is 106 Å². The van der Waals surface area contributed by atoms with Gasteiger partial charge in [-0.3, -0.25) is 9.71 Å². The Bertz CT molecular complexity index is 601. The molecule has 0 saturated carbocycles. The lowest BCUT2D eigenvalue weighted by molar-refractivity contribution is 0.597. The number of hydrogen-bond donors (Lipinski definition) is 1. The Hall–Kier alpha value is -1.54. The SMILES string of the molecule is O=S(=O)(Nc1cnccn1)c1ccc(Br)cn1. The zero-order valence-corrected chi connectivity index (χ0v) is 10.8. The first kappa shape index (κ1) is 11.9. The second kappa shape index (κ2) is 4.76. The van der Waals surface area contributed by atoms with Crippen LogP contribution in [0, 0.1) is 0 Å². The zero-order chi connectivity index (χ0) is 12.3. The Morgan fingerprint density at radius 1 is 1.12 bits per heavy atom. The monoisotopic (exact) mass is 314 g/mol. The molecular formula is C9H7BrN4O2S. The van der Waals surface area contributed by atoms with E-state index in [2.05, 4.69) is 35.6 Å². The Morgan fingerprint density at radius 2 is 1.94 bits per heavy atom. The van der Waals surface area contributed by atoms with Gasteiger partial charge in [0.25, 0.3) is 10.0 Å². The summed E-state index contributed by atoms with van der Waals surface area (Å²) in [6.45, 7) is 0. The third kappa shape index (κ3) is 2.98. The lowest BCUT2D eigenvalue weighted by Gasteiger charge is -2.05. The molecule has 0 spiro atoms. The molecule has 2 aromatic rings. The summed E-state index contributed by atoms with van der Waals surface area (Å²) in [6.07, 6.45) is 5.57. The average Bonchev–Trinajstić information content (AvgIpc) is 2.30. The highest BCUT2D eigenvalue weighted by molar-refractivity contribution is 9.10. The molecule has 0 unspecified atom stereocenters. The van der Waals surface area contributed by atoms with E-state index in [0.29, 0.717) is 4.47 Å². The molecule has 17 heavy (non-hydrogen) atoms. The van der Waals surface area contributed by atoms with E-state index >= 15 is 0 Å². The van der Waals surface area contributed by atoms with Gasteiger partial charge in [0.1, 0.15) is 0 Å². The molecule has 1 N–H and O–H groups in total. The van der Waals surface area contributed by atoms with E-state index in [1.165, 1.54) is 30.9 Å². The van der Waals surface area contributed by atoms with Crippen LogP contribution >= 0.6 is 15.9 Å². The van der Waals surface area contributed by atoms with Crippen LogP contribution in [0.25, 0.3) is 0 Å². The van der Waals surface area contributed by atoms with Crippen molar-refractivity contribution in [1.82, 2.24) is 15.0 Å². The summed E-state index contributed by atoms with van der Waals surface area (Å²) in [5.41, 5.74) is 0. The van der Waals surface area contributed by atoms with Gasteiger partial charge in [-0.05, 0) is 28.1 Å². The van der Waals surface area contributed by atoms with Crippen molar-refractivity contribution in [2.75, 3.05) is 4.72 Å². The standard InChI is InChI=1S/C9H7BrN4O2S/c10-7-1-2-9(13-5-7)17(15,16)14-8-6-11-3-4-12-8/h1-6H,(H,12,14). The summed E-state index contributed by atoms with van der Waals surface area (Å²) in [5, 5.41) is -0.0775. The number of sulfonamides is 1. The number of pyridine rings is 1. The first-order valence-electron chi connectivity index (χ1n) is 4.48. The predicted molar refractivity (Wildman–Crippen MR) is 64.8 cm³/mol. The van der Waals surface area contributed by atoms with Gasteiger partial charge in [0, 0.05) is 23.1 Å². The van der Waals surface area contributed by atoms with Gasteiger partial charge in [-0.1, -0.05) is 0 Å². The maximum atomic E-state index is 11.9. The second-order valence-corrected chi connectivity index (χ2v) is 5.56. The molecule has 0 amide bonds. The molecule has 2 heterocycles. The van der Waals surface area contributed by atoms with Crippen LogP contribution in [0.3, 0.4) is 0 Å². The Kier molecular flexibility index (Phi) is 3.34. The third-order valence-electron chi connectivity index (χ3n) is 1.78. The fraction of sp³-hybridized carbons (Fsp3) is 0. The lowest BCUT2D eigenvalue weighted by Crippen LogP contribution is -2.15. The molecule has 0 aromatic carbocycles. The number of halogens is 1. The Morgan fingerprint density at radius 3 is 2.53 bits per heavy atom. The second-order valence-electron chi connectivity index (χ2n) is 3.01. The van der Waals surface area contributed by atoms with Crippen molar-refractivity contribution in [3.05, 3.63) is 41.4 Å². The summed E-state index contributed by atoms with van der Waals surface area (Å²) in [5.74, 6) is 0.150. The number of rotatable bonds is 3. The van der Waals surface area contributed by atoms with Crippen LogP contribution < -0.4 is 4.72 Å². The van der Waals surface area contributed by atoms with Crippen LogP contribution in [0.2, 0.25) is 0 Å². The Balaban J connectivity index is 2.29. The van der Waals surface area contributed by atoms with Crippen LogP contribution in [-0.4, -0.2) is 23.4 Å². The molecule has 2 aromatic heterocycles. The molecule has 0 saturated heterocycles. The van der Waals surface area contributed by atoms with Gasteiger partial charge >= 0.3 is 0 Å². The van der Waals surface area contributed by atoms with E-state index in [9.17, 15) is 8.42 Å². The van der Waals surface area contributed by atoms with Gasteiger partial charge in [-0.2, -0.15) is 8.42 Å². The topological polar surface area (TPSA) is 84.8 Å². The van der Waals surface area contributed by atoms with E-state index in [1.807, 2.05) is 0 Å². The molecule has 2 rings (SSSR count). The number of nitrogens with one attached hydrogen (secondary N) is 1. The van der Waals surface area contributed by atoms with Crippen molar-refractivity contribution in [2.24, 2.45) is 0 Å². The maximum Gasteiger partial charge on any atom is 0.280 e. The summed E-state index contributed by atoms with van der Waals surface area (Å²) in [6, 6.07) is 2.99. The summed E-state index contributed by atoms with van der Waals surface area (Å²) < 4.78 is 26.7. The minimum Gasteiger partial charge on any atom is -0.261 e. The van der Waals surface area contributed by atoms with Crippen LogP contribution in [0.15, 0.2) is 46.4 Å². The van der Waals surface area contributed by atoms with Crippen LogP contribution in [0.4, 0.5) is 5.82 Å². The smallest absolute Gasteiger partial charge is 0.261 e. The number of aromatic nitrogens is 3. The van der Waals surface area contributed by atoms with E-state index < -0.39 is 10.0 Å². The molecule has 0 atom stereocenters. The van der Waals surface area contributed by atoms with Crippen molar-refractivity contribution in [1.29, 1.82) is 0 Å². The van der Waals surface area contributed by atoms with Crippen molar-refractivity contribution in [3.63, 3.8) is 0 Å². The molecule has 8 heteroatoms. The average molecular weight is 315 g/mol. The summed E-state index contributed by atoms with van der Waals surface area (Å²) in [4.78, 5) is 11.4.